The lowest BCUT2D eigenvalue weighted by molar-refractivity contribution is 0.0279. The normalized spacial score (nSPS) is 17.4. The maximum absolute atomic E-state index is 6.20. The fraction of sp³-hybridized carbons (Fsp3) is 0.250. The van der Waals surface area contributed by atoms with E-state index < -0.39 is 0 Å². The summed E-state index contributed by atoms with van der Waals surface area (Å²) >= 11 is 0. The molecule has 0 radical (unpaired) electrons. The number of benzene rings is 2. The molecule has 0 saturated carbocycles. The number of nitrogens with zero attached hydrogens (tertiary/aromatic N) is 1. The Morgan fingerprint density at radius 1 is 1.00 bits per heavy atom. The van der Waals surface area contributed by atoms with E-state index in [-0.39, 0.29) is 6.10 Å². The Morgan fingerprint density at radius 2 is 1.82 bits per heavy atom. The Hall–Kier alpha value is -2.19. The summed E-state index contributed by atoms with van der Waals surface area (Å²) in [6, 6.07) is 21.0. The van der Waals surface area contributed by atoms with Crippen molar-refractivity contribution in [2.24, 2.45) is 0 Å². The average Bonchev–Trinajstić information content (AvgIpc) is 2.59. The monoisotopic (exact) mass is 289 g/mol. The molecule has 0 aliphatic heterocycles. The molecule has 0 N–H and O–H groups in total. The summed E-state index contributed by atoms with van der Waals surface area (Å²) in [5.41, 5.74) is 4.80. The zero-order chi connectivity index (χ0) is 14.8. The van der Waals surface area contributed by atoms with Gasteiger partial charge in [0.15, 0.2) is 0 Å². The summed E-state index contributed by atoms with van der Waals surface area (Å²) < 4.78 is 6.20. The van der Waals surface area contributed by atoms with Crippen LogP contribution in [0.2, 0.25) is 0 Å². The van der Waals surface area contributed by atoms with Crippen molar-refractivity contribution in [1.29, 1.82) is 0 Å². The lowest BCUT2D eigenvalue weighted by Crippen LogP contribution is -2.14. The lowest BCUT2D eigenvalue weighted by atomic mass is 9.92. The molecule has 2 heteroatoms. The Morgan fingerprint density at radius 3 is 2.73 bits per heavy atom. The van der Waals surface area contributed by atoms with Gasteiger partial charge >= 0.3 is 0 Å². The minimum absolute atomic E-state index is 0.168. The van der Waals surface area contributed by atoms with Crippen LogP contribution in [-0.4, -0.2) is 4.98 Å². The van der Waals surface area contributed by atoms with Crippen LogP contribution in [0.4, 0.5) is 0 Å². The van der Waals surface area contributed by atoms with Crippen molar-refractivity contribution in [1.82, 2.24) is 4.98 Å². The predicted octanol–water partition coefficient (Wildman–Crippen LogP) is 4.83. The van der Waals surface area contributed by atoms with Crippen molar-refractivity contribution in [3.8, 4) is 0 Å². The van der Waals surface area contributed by atoms with E-state index in [9.17, 15) is 0 Å². The molecule has 1 aliphatic carbocycles. The van der Waals surface area contributed by atoms with E-state index in [2.05, 4.69) is 48.5 Å². The molecule has 3 aromatic rings. The van der Waals surface area contributed by atoms with Crippen LogP contribution in [0, 0.1) is 0 Å². The molecule has 0 fully saturated rings. The Balaban J connectivity index is 1.62. The molecule has 2 nitrogen and oxygen atoms in total. The second kappa shape index (κ2) is 5.90. The number of pyridine rings is 1. The third-order valence-corrected chi connectivity index (χ3v) is 4.36. The van der Waals surface area contributed by atoms with Crippen LogP contribution >= 0.6 is 0 Å². The van der Waals surface area contributed by atoms with Gasteiger partial charge in [-0.1, -0.05) is 48.5 Å². The van der Waals surface area contributed by atoms with E-state index in [1.165, 1.54) is 22.2 Å². The molecule has 0 bridgehead atoms. The van der Waals surface area contributed by atoms with E-state index in [4.69, 9.17) is 9.72 Å². The fourth-order valence-corrected chi connectivity index (χ4v) is 3.21. The summed E-state index contributed by atoms with van der Waals surface area (Å²) in [5.74, 6) is 0. The molecular weight excluding hydrogens is 270 g/mol. The van der Waals surface area contributed by atoms with Gasteiger partial charge in [0.25, 0.3) is 0 Å². The van der Waals surface area contributed by atoms with Crippen LogP contribution in [-0.2, 0) is 17.8 Å². The van der Waals surface area contributed by atoms with E-state index in [1.54, 1.807) is 0 Å². The maximum Gasteiger partial charge on any atom is 0.0847 e. The highest BCUT2D eigenvalue weighted by molar-refractivity contribution is 5.79. The number of aromatic nitrogens is 1. The number of fused-ring (bicyclic) bond motifs is 2. The molecule has 1 aliphatic rings. The van der Waals surface area contributed by atoms with Crippen LogP contribution in [0.15, 0.2) is 60.7 Å². The first-order valence-corrected chi connectivity index (χ1v) is 7.94. The van der Waals surface area contributed by atoms with Crippen molar-refractivity contribution in [2.45, 2.75) is 32.0 Å². The minimum atomic E-state index is 0.168. The van der Waals surface area contributed by atoms with Gasteiger partial charge in [0, 0.05) is 16.6 Å². The summed E-state index contributed by atoms with van der Waals surface area (Å²) in [5, 5.41) is 1.21. The van der Waals surface area contributed by atoms with Gasteiger partial charge in [-0.05, 0) is 37.0 Å². The van der Waals surface area contributed by atoms with Crippen molar-refractivity contribution < 1.29 is 4.74 Å². The van der Waals surface area contributed by atoms with E-state index >= 15 is 0 Å². The molecule has 1 unspecified atom stereocenters. The lowest BCUT2D eigenvalue weighted by Gasteiger charge is -2.25. The molecular formula is C20H19NO. The molecule has 22 heavy (non-hydrogen) atoms. The van der Waals surface area contributed by atoms with Crippen LogP contribution in [0.5, 0.6) is 0 Å². The minimum Gasteiger partial charge on any atom is -0.369 e. The van der Waals surface area contributed by atoms with Crippen molar-refractivity contribution in [2.75, 3.05) is 0 Å². The van der Waals surface area contributed by atoms with Gasteiger partial charge in [-0.2, -0.15) is 0 Å². The number of aryl methyl sites for hydroxylation is 1. The average molecular weight is 289 g/mol. The first-order chi connectivity index (χ1) is 10.9. The van der Waals surface area contributed by atoms with Crippen molar-refractivity contribution in [3.63, 3.8) is 0 Å². The summed E-state index contributed by atoms with van der Waals surface area (Å²) in [7, 11) is 0. The summed E-state index contributed by atoms with van der Waals surface area (Å²) in [4.78, 5) is 4.84. The molecule has 0 amide bonds. The first kappa shape index (κ1) is 13.5. The van der Waals surface area contributed by atoms with E-state index in [1.807, 2.05) is 12.1 Å². The summed E-state index contributed by atoms with van der Waals surface area (Å²) in [6.45, 7) is 0.664. The molecule has 0 spiro atoms. The first-order valence-electron chi connectivity index (χ1n) is 7.94. The number of hydrogen-bond donors (Lipinski definition) is 0. The summed E-state index contributed by atoms with van der Waals surface area (Å²) in [6.07, 6.45) is 3.46. The number of ether oxygens (including phenoxy) is 1. The van der Waals surface area contributed by atoms with Crippen molar-refractivity contribution in [3.05, 3.63) is 77.5 Å². The number of para-hydroxylation sites is 1. The van der Waals surface area contributed by atoms with Gasteiger partial charge in [-0.25, -0.2) is 0 Å². The van der Waals surface area contributed by atoms with Gasteiger partial charge in [0.1, 0.15) is 0 Å². The second-order valence-electron chi connectivity index (χ2n) is 5.89. The Bertz CT molecular complexity index is 782. The van der Waals surface area contributed by atoms with Gasteiger partial charge in [-0.3, -0.25) is 4.98 Å². The third-order valence-electron chi connectivity index (χ3n) is 4.36. The topological polar surface area (TPSA) is 22.1 Å². The van der Waals surface area contributed by atoms with Gasteiger partial charge in [0.05, 0.1) is 18.2 Å². The van der Waals surface area contributed by atoms with Crippen LogP contribution in [0.3, 0.4) is 0 Å². The standard InChI is InChI=1S/C20H19NO/c1-2-7-15(8-3-1)14-22-20-12-6-11-19-17(20)13-16-9-4-5-10-18(16)21-19/h1-5,7-10,13,20H,6,11-12,14H2. The zero-order valence-electron chi connectivity index (χ0n) is 12.5. The van der Waals surface area contributed by atoms with E-state index in [0.29, 0.717) is 6.61 Å². The molecule has 4 rings (SSSR count). The smallest absolute Gasteiger partial charge is 0.0847 e. The predicted molar refractivity (Wildman–Crippen MR) is 88.7 cm³/mol. The van der Waals surface area contributed by atoms with Crippen molar-refractivity contribution >= 4 is 10.9 Å². The van der Waals surface area contributed by atoms with Gasteiger partial charge in [0.2, 0.25) is 0 Å². The quantitative estimate of drug-likeness (QED) is 0.689. The van der Waals surface area contributed by atoms with Crippen LogP contribution in [0.25, 0.3) is 10.9 Å². The Labute approximate surface area is 130 Å². The molecule has 0 saturated heterocycles. The van der Waals surface area contributed by atoms with Gasteiger partial charge in [-0.15, -0.1) is 0 Å². The molecule has 1 atom stereocenters. The van der Waals surface area contributed by atoms with Crippen LogP contribution in [0.1, 0.15) is 35.8 Å². The Kier molecular flexibility index (Phi) is 3.61. The van der Waals surface area contributed by atoms with Crippen LogP contribution < -0.4 is 0 Å². The highest BCUT2D eigenvalue weighted by Crippen LogP contribution is 2.34. The number of hydrogen-bond acceptors (Lipinski definition) is 2. The molecule has 1 heterocycles. The van der Waals surface area contributed by atoms with E-state index in [0.717, 1.165) is 24.8 Å². The highest BCUT2D eigenvalue weighted by Gasteiger charge is 2.22. The SMILES string of the molecule is c1ccc(COC2CCCc3nc4ccccc4cc32)cc1. The molecule has 110 valence electrons. The maximum atomic E-state index is 6.20. The van der Waals surface area contributed by atoms with Gasteiger partial charge < -0.3 is 4.74 Å². The molecule has 1 aromatic heterocycles. The number of rotatable bonds is 3. The molecule has 2 aromatic carbocycles. The fourth-order valence-electron chi connectivity index (χ4n) is 3.21. The third kappa shape index (κ3) is 2.62. The second-order valence-corrected chi connectivity index (χ2v) is 5.89. The largest absolute Gasteiger partial charge is 0.369 e. The zero-order valence-corrected chi connectivity index (χ0v) is 12.5. The highest BCUT2D eigenvalue weighted by atomic mass is 16.5.